The van der Waals surface area contributed by atoms with Crippen molar-refractivity contribution >= 4 is 35.0 Å². The standard InChI is InChI=1S/C18H20ClF3N4OS/c1-11-24-25-17(26(11)13-5-3-2-4-6-13)28-10-16(27)23-12-7-8-15(19)14(9-12)18(20,21)22/h7-9,13H,2-6,10H2,1H3,(H,23,27). The van der Waals surface area contributed by atoms with Crippen LogP contribution in [-0.2, 0) is 11.0 Å². The zero-order valence-corrected chi connectivity index (χ0v) is 16.8. The number of rotatable bonds is 5. The van der Waals surface area contributed by atoms with E-state index in [0.29, 0.717) is 11.2 Å². The first-order valence-electron chi connectivity index (χ1n) is 8.96. The first-order valence-corrected chi connectivity index (χ1v) is 10.3. The number of anilines is 1. The summed E-state index contributed by atoms with van der Waals surface area (Å²) in [4.78, 5) is 12.2. The number of nitrogens with one attached hydrogen (secondary N) is 1. The van der Waals surface area contributed by atoms with Crippen molar-refractivity contribution in [2.45, 2.75) is 56.4 Å². The van der Waals surface area contributed by atoms with Gasteiger partial charge in [0.15, 0.2) is 5.16 Å². The van der Waals surface area contributed by atoms with E-state index in [4.69, 9.17) is 11.6 Å². The van der Waals surface area contributed by atoms with Gasteiger partial charge in [0, 0.05) is 11.7 Å². The van der Waals surface area contributed by atoms with E-state index in [1.807, 2.05) is 6.92 Å². The highest BCUT2D eigenvalue weighted by Crippen LogP contribution is 2.36. The van der Waals surface area contributed by atoms with Crippen LogP contribution >= 0.6 is 23.4 Å². The number of carbonyl (C=O) groups is 1. The van der Waals surface area contributed by atoms with Gasteiger partial charge in [0.2, 0.25) is 5.91 Å². The number of thioether (sulfide) groups is 1. The molecule has 0 spiro atoms. The molecule has 1 aliphatic carbocycles. The fraction of sp³-hybridized carbons (Fsp3) is 0.500. The van der Waals surface area contributed by atoms with Gasteiger partial charge in [0.25, 0.3) is 0 Å². The van der Waals surface area contributed by atoms with E-state index in [1.165, 1.54) is 24.2 Å². The predicted octanol–water partition coefficient (Wildman–Crippen LogP) is 5.49. The average molecular weight is 433 g/mol. The molecule has 0 radical (unpaired) electrons. The van der Waals surface area contributed by atoms with Crippen molar-refractivity contribution in [3.63, 3.8) is 0 Å². The van der Waals surface area contributed by atoms with Gasteiger partial charge in [-0.25, -0.2) is 0 Å². The molecule has 0 saturated heterocycles. The number of carbonyl (C=O) groups excluding carboxylic acids is 1. The van der Waals surface area contributed by atoms with E-state index < -0.39 is 22.7 Å². The molecule has 1 heterocycles. The molecule has 5 nitrogen and oxygen atoms in total. The highest BCUT2D eigenvalue weighted by Gasteiger charge is 2.33. The molecule has 152 valence electrons. The Kier molecular flexibility index (Phi) is 6.54. The van der Waals surface area contributed by atoms with E-state index in [9.17, 15) is 18.0 Å². The van der Waals surface area contributed by atoms with Gasteiger partial charge in [0.05, 0.1) is 16.3 Å². The van der Waals surface area contributed by atoms with Gasteiger partial charge in [-0.2, -0.15) is 13.2 Å². The molecule has 0 unspecified atom stereocenters. The Morgan fingerprint density at radius 3 is 2.68 bits per heavy atom. The Hall–Kier alpha value is -1.74. The zero-order chi connectivity index (χ0) is 20.3. The average Bonchev–Trinajstić information content (AvgIpc) is 3.02. The summed E-state index contributed by atoms with van der Waals surface area (Å²) in [5.74, 6) is 0.410. The molecule has 1 aliphatic rings. The minimum absolute atomic E-state index is 0.0226. The normalized spacial score (nSPS) is 15.6. The van der Waals surface area contributed by atoms with Gasteiger partial charge in [-0.05, 0) is 38.0 Å². The lowest BCUT2D eigenvalue weighted by atomic mass is 9.95. The molecule has 1 amide bonds. The second kappa shape index (κ2) is 8.73. The van der Waals surface area contributed by atoms with Gasteiger partial charge in [-0.3, -0.25) is 4.79 Å². The van der Waals surface area contributed by atoms with Crippen molar-refractivity contribution in [2.75, 3.05) is 11.1 Å². The van der Waals surface area contributed by atoms with E-state index in [2.05, 4.69) is 20.1 Å². The lowest BCUT2D eigenvalue weighted by Gasteiger charge is -2.24. The zero-order valence-electron chi connectivity index (χ0n) is 15.2. The molecule has 0 atom stereocenters. The van der Waals surface area contributed by atoms with E-state index in [-0.39, 0.29) is 11.4 Å². The summed E-state index contributed by atoms with van der Waals surface area (Å²) in [5, 5.41) is 11.0. The molecule has 1 fully saturated rings. The third-order valence-corrected chi connectivity index (χ3v) is 5.94. The number of aromatic nitrogens is 3. The SMILES string of the molecule is Cc1nnc(SCC(=O)Nc2ccc(Cl)c(C(F)(F)F)c2)n1C1CCCCC1. The van der Waals surface area contributed by atoms with E-state index in [1.54, 1.807) is 0 Å². The minimum atomic E-state index is -4.58. The summed E-state index contributed by atoms with van der Waals surface area (Å²) in [6, 6.07) is 3.63. The summed E-state index contributed by atoms with van der Waals surface area (Å²) < 4.78 is 40.9. The summed E-state index contributed by atoms with van der Waals surface area (Å²) in [6.07, 6.45) is 1.08. The van der Waals surface area contributed by atoms with Crippen LogP contribution < -0.4 is 5.32 Å². The van der Waals surface area contributed by atoms with Gasteiger partial charge in [-0.1, -0.05) is 42.6 Å². The first kappa shape index (κ1) is 21.0. The molecule has 28 heavy (non-hydrogen) atoms. The Balaban J connectivity index is 1.64. The maximum Gasteiger partial charge on any atom is 0.417 e. The van der Waals surface area contributed by atoms with E-state index >= 15 is 0 Å². The van der Waals surface area contributed by atoms with Gasteiger partial charge < -0.3 is 9.88 Å². The van der Waals surface area contributed by atoms with Crippen LogP contribution in [-0.4, -0.2) is 26.4 Å². The number of halogens is 4. The van der Waals surface area contributed by atoms with Crippen LogP contribution in [0.2, 0.25) is 5.02 Å². The second-order valence-electron chi connectivity index (χ2n) is 6.72. The van der Waals surface area contributed by atoms with Crippen molar-refractivity contribution < 1.29 is 18.0 Å². The molecule has 10 heteroatoms. The fourth-order valence-corrected chi connectivity index (χ4v) is 4.43. The van der Waals surface area contributed by atoms with Gasteiger partial charge in [0.1, 0.15) is 5.82 Å². The van der Waals surface area contributed by atoms with Crippen LogP contribution in [0.3, 0.4) is 0 Å². The molecular formula is C18H20ClF3N4OS. The largest absolute Gasteiger partial charge is 0.417 e. The topological polar surface area (TPSA) is 59.8 Å². The number of hydrogen-bond acceptors (Lipinski definition) is 4. The maximum atomic E-state index is 12.9. The van der Waals surface area contributed by atoms with E-state index in [0.717, 1.165) is 43.6 Å². The molecule has 0 bridgehead atoms. The quantitative estimate of drug-likeness (QED) is 0.634. The molecule has 1 saturated carbocycles. The number of nitrogens with zero attached hydrogens (tertiary/aromatic N) is 3. The summed E-state index contributed by atoms with van der Waals surface area (Å²) in [5.41, 5.74) is -0.931. The van der Waals surface area contributed by atoms with Crippen LogP contribution in [0.5, 0.6) is 0 Å². The number of benzene rings is 1. The molecule has 1 aromatic carbocycles. The van der Waals surface area contributed by atoms with Crippen LogP contribution in [0, 0.1) is 6.92 Å². The fourth-order valence-electron chi connectivity index (χ4n) is 3.36. The van der Waals surface area contributed by atoms with Crippen molar-refractivity contribution in [2.24, 2.45) is 0 Å². The number of aryl methyl sites for hydroxylation is 1. The van der Waals surface area contributed by atoms with Crippen LogP contribution in [0.15, 0.2) is 23.4 Å². The van der Waals surface area contributed by atoms with Crippen LogP contribution in [0.25, 0.3) is 0 Å². The van der Waals surface area contributed by atoms with Crippen molar-refractivity contribution in [3.05, 3.63) is 34.6 Å². The minimum Gasteiger partial charge on any atom is -0.325 e. The third kappa shape index (κ3) is 5.00. The molecule has 1 aromatic heterocycles. The molecule has 2 aromatic rings. The molecule has 3 rings (SSSR count). The Bertz CT molecular complexity index is 850. The van der Waals surface area contributed by atoms with Crippen LogP contribution in [0.1, 0.15) is 49.5 Å². The third-order valence-electron chi connectivity index (χ3n) is 4.66. The highest BCUT2D eigenvalue weighted by atomic mass is 35.5. The Morgan fingerprint density at radius 1 is 1.29 bits per heavy atom. The Labute approximate surface area is 170 Å². The molecular weight excluding hydrogens is 413 g/mol. The number of hydrogen-bond donors (Lipinski definition) is 1. The monoisotopic (exact) mass is 432 g/mol. The van der Waals surface area contributed by atoms with Crippen molar-refractivity contribution in [3.8, 4) is 0 Å². The smallest absolute Gasteiger partial charge is 0.325 e. The summed E-state index contributed by atoms with van der Waals surface area (Å²) in [6.45, 7) is 1.89. The lowest BCUT2D eigenvalue weighted by molar-refractivity contribution is -0.137. The van der Waals surface area contributed by atoms with Gasteiger partial charge >= 0.3 is 6.18 Å². The van der Waals surface area contributed by atoms with Crippen molar-refractivity contribution in [1.82, 2.24) is 14.8 Å². The van der Waals surface area contributed by atoms with Gasteiger partial charge in [-0.15, -0.1) is 10.2 Å². The number of alkyl halides is 3. The molecule has 0 aliphatic heterocycles. The summed E-state index contributed by atoms with van der Waals surface area (Å²) in [7, 11) is 0. The van der Waals surface area contributed by atoms with Crippen LogP contribution in [0.4, 0.5) is 18.9 Å². The second-order valence-corrected chi connectivity index (χ2v) is 8.07. The maximum absolute atomic E-state index is 12.9. The van der Waals surface area contributed by atoms with Crippen molar-refractivity contribution in [1.29, 1.82) is 0 Å². The number of amides is 1. The summed E-state index contributed by atoms with van der Waals surface area (Å²) >= 11 is 6.83. The molecule has 1 N–H and O–H groups in total. The Morgan fingerprint density at radius 2 is 2.00 bits per heavy atom. The lowest BCUT2D eigenvalue weighted by Crippen LogP contribution is -2.18. The predicted molar refractivity (Wildman–Crippen MR) is 103 cm³/mol. The first-order chi connectivity index (χ1) is 13.3. The highest BCUT2D eigenvalue weighted by molar-refractivity contribution is 7.99.